The molecule has 5 N–H and O–H groups in total. The fourth-order valence-corrected chi connectivity index (χ4v) is 6.23. The van der Waals surface area contributed by atoms with Gasteiger partial charge in [0.25, 0.3) is 0 Å². The third-order valence-corrected chi connectivity index (χ3v) is 8.26. The van der Waals surface area contributed by atoms with Crippen molar-refractivity contribution in [2.45, 2.75) is 51.2 Å². The Morgan fingerprint density at radius 1 is 1.27 bits per heavy atom. The number of carbonyl (C=O) groups excluding carboxylic acids is 2. The zero-order valence-corrected chi connectivity index (χ0v) is 19.7. The molecule has 1 spiro atoms. The van der Waals surface area contributed by atoms with Gasteiger partial charge in [-0.2, -0.15) is 0 Å². The van der Waals surface area contributed by atoms with E-state index >= 15 is 0 Å². The van der Waals surface area contributed by atoms with Crippen LogP contribution in [-0.4, -0.2) is 35.4 Å². The summed E-state index contributed by atoms with van der Waals surface area (Å²) in [5, 5.41) is 10.4. The van der Waals surface area contributed by atoms with Crippen LogP contribution in [0.4, 0.5) is 5.82 Å². The first-order valence-electron chi connectivity index (χ1n) is 11.4. The third-order valence-electron chi connectivity index (χ3n) is 7.03. The summed E-state index contributed by atoms with van der Waals surface area (Å²) in [6, 6.07) is 13.5. The van der Waals surface area contributed by atoms with E-state index in [-0.39, 0.29) is 23.3 Å². The molecule has 1 saturated heterocycles. The van der Waals surface area contributed by atoms with Gasteiger partial charge in [0.05, 0.1) is 6.04 Å². The minimum absolute atomic E-state index is 0.109. The standard InChI is InChI=1S/C25H29N5O2S/c1-14-17(7-8-22(26)29-14)12-27-23(31)15(2)30-24(32)19-11-25(13-28-19)10-18(25)21-9-16-5-3-4-6-20(16)33-21/h3-9,15,18-19,28H,10-13H2,1-2H3,(H2,26,29)(H,27,31)(H,30,32)/t15-,18-,19+,25?/m0/s1. The number of nitrogens with two attached hydrogens (primary N) is 1. The molecule has 172 valence electrons. The van der Waals surface area contributed by atoms with Gasteiger partial charge < -0.3 is 21.7 Å². The predicted octanol–water partition coefficient (Wildman–Crippen LogP) is 2.84. The van der Waals surface area contributed by atoms with Crippen molar-refractivity contribution in [2.24, 2.45) is 5.41 Å². The molecule has 3 heterocycles. The van der Waals surface area contributed by atoms with E-state index in [0.29, 0.717) is 18.3 Å². The van der Waals surface area contributed by atoms with Crippen molar-refractivity contribution >= 4 is 39.1 Å². The molecule has 1 unspecified atom stereocenters. The van der Waals surface area contributed by atoms with Gasteiger partial charge in [-0.05, 0) is 61.3 Å². The van der Waals surface area contributed by atoms with Gasteiger partial charge in [-0.3, -0.25) is 9.59 Å². The highest BCUT2D eigenvalue weighted by atomic mass is 32.1. The van der Waals surface area contributed by atoms with Crippen LogP contribution in [0.5, 0.6) is 0 Å². The molecular formula is C25H29N5O2S. The molecule has 1 aliphatic carbocycles. The van der Waals surface area contributed by atoms with Crippen LogP contribution < -0.4 is 21.7 Å². The minimum atomic E-state index is -0.615. The SMILES string of the molecule is Cc1nc(N)ccc1CNC(=O)[C@H](C)NC(=O)[C@H]1CC2(CN1)C[C@H]2c1cc2ccccc2s1. The van der Waals surface area contributed by atoms with Crippen molar-refractivity contribution in [3.05, 3.63) is 58.6 Å². The van der Waals surface area contributed by atoms with Crippen LogP contribution in [0.1, 0.15) is 41.8 Å². The third kappa shape index (κ3) is 4.32. The van der Waals surface area contributed by atoms with Crippen molar-refractivity contribution in [3.63, 3.8) is 0 Å². The van der Waals surface area contributed by atoms with E-state index in [2.05, 4.69) is 51.3 Å². The van der Waals surface area contributed by atoms with E-state index in [0.717, 1.165) is 30.6 Å². The molecule has 1 saturated carbocycles. The number of hydrogen-bond donors (Lipinski definition) is 4. The number of aromatic nitrogens is 1. The van der Waals surface area contributed by atoms with E-state index in [4.69, 9.17) is 5.73 Å². The van der Waals surface area contributed by atoms with E-state index in [1.54, 1.807) is 13.0 Å². The average molecular weight is 464 g/mol. The summed E-state index contributed by atoms with van der Waals surface area (Å²) in [6.07, 6.45) is 1.92. The second kappa shape index (κ2) is 8.43. The Morgan fingerprint density at radius 3 is 2.88 bits per heavy atom. The monoisotopic (exact) mass is 463 g/mol. The molecule has 0 bridgehead atoms. The molecule has 3 aromatic rings. The maximum Gasteiger partial charge on any atom is 0.242 e. The topological polar surface area (TPSA) is 109 Å². The number of carbonyl (C=O) groups is 2. The van der Waals surface area contributed by atoms with Crippen molar-refractivity contribution in [2.75, 3.05) is 12.3 Å². The van der Waals surface area contributed by atoms with Crippen LogP contribution in [0, 0.1) is 12.3 Å². The lowest BCUT2D eigenvalue weighted by Gasteiger charge is -2.17. The Kier molecular flexibility index (Phi) is 5.58. The predicted molar refractivity (Wildman–Crippen MR) is 131 cm³/mol. The van der Waals surface area contributed by atoms with Crippen molar-refractivity contribution in [1.29, 1.82) is 0 Å². The smallest absolute Gasteiger partial charge is 0.242 e. The first-order chi connectivity index (χ1) is 15.8. The molecule has 1 aliphatic heterocycles. The van der Waals surface area contributed by atoms with Gasteiger partial charge in [-0.15, -0.1) is 11.3 Å². The molecule has 4 atom stereocenters. The number of nitrogen functional groups attached to an aromatic ring is 1. The molecular weight excluding hydrogens is 434 g/mol. The van der Waals surface area contributed by atoms with Gasteiger partial charge in [0.2, 0.25) is 11.8 Å². The lowest BCUT2D eigenvalue weighted by Crippen LogP contribution is -2.50. The normalized spacial score (nSPS) is 24.7. The molecule has 1 aromatic carbocycles. The number of amides is 2. The maximum atomic E-state index is 12.9. The quantitative estimate of drug-likeness (QED) is 0.450. The summed E-state index contributed by atoms with van der Waals surface area (Å²) in [7, 11) is 0. The molecule has 2 fully saturated rings. The Labute approximate surface area is 197 Å². The highest BCUT2D eigenvalue weighted by Gasteiger charge is 2.59. The number of nitrogens with zero attached hydrogens (tertiary/aromatic N) is 1. The van der Waals surface area contributed by atoms with Gasteiger partial charge in [-0.25, -0.2) is 4.98 Å². The van der Waals surface area contributed by atoms with Crippen molar-refractivity contribution < 1.29 is 9.59 Å². The molecule has 7 nitrogen and oxygen atoms in total. The summed E-state index contributed by atoms with van der Waals surface area (Å²) in [6.45, 7) is 4.76. The molecule has 0 radical (unpaired) electrons. The number of fused-ring (bicyclic) bond motifs is 1. The average Bonchev–Trinajstić information content (AvgIpc) is 3.11. The zero-order chi connectivity index (χ0) is 23.2. The van der Waals surface area contributed by atoms with Gasteiger partial charge in [-0.1, -0.05) is 24.3 Å². The van der Waals surface area contributed by atoms with Gasteiger partial charge >= 0.3 is 0 Å². The Hall–Kier alpha value is -2.97. The second-order valence-electron chi connectivity index (χ2n) is 9.37. The van der Waals surface area contributed by atoms with Crippen LogP contribution in [0.25, 0.3) is 10.1 Å². The second-order valence-corrected chi connectivity index (χ2v) is 10.5. The summed E-state index contributed by atoms with van der Waals surface area (Å²) in [4.78, 5) is 31.0. The number of pyridine rings is 1. The van der Waals surface area contributed by atoms with Crippen LogP contribution in [0.15, 0.2) is 42.5 Å². The van der Waals surface area contributed by atoms with E-state index in [1.165, 1.54) is 15.0 Å². The largest absolute Gasteiger partial charge is 0.384 e. The van der Waals surface area contributed by atoms with Crippen LogP contribution >= 0.6 is 11.3 Å². The minimum Gasteiger partial charge on any atom is -0.384 e. The number of nitrogens with one attached hydrogen (secondary N) is 3. The Bertz CT molecular complexity index is 1190. The summed E-state index contributed by atoms with van der Waals surface area (Å²) >= 11 is 1.87. The number of anilines is 1. The van der Waals surface area contributed by atoms with Crippen LogP contribution in [0.2, 0.25) is 0 Å². The molecule has 2 amide bonds. The van der Waals surface area contributed by atoms with Gasteiger partial charge in [0, 0.05) is 34.3 Å². The summed E-state index contributed by atoms with van der Waals surface area (Å²) < 4.78 is 1.32. The molecule has 2 aliphatic rings. The number of benzene rings is 1. The van der Waals surface area contributed by atoms with E-state index in [1.807, 2.05) is 24.3 Å². The number of hydrogen-bond acceptors (Lipinski definition) is 6. The lowest BCUT2D eigenvalue weighted by molar-refractivity contribution is -0.129. The van der Waals surface area contributed by atoms with Crippen molar-refractivity contribution in [3.8, 4) is 0 Å². The summed E-state index contributed by atoms with van der Waals surface area (Å²) in [5.74, 6) is 0.636. The Balaban J connectivity index is 1.13. The van der Waals surface area contributed by atoms with E-state index < -0.39 is 6.04 Å². The van der Waals surface area contributed by atoms with Crippen LogP contribution in [-0.2, 0) is 16.1 Å². The molecule has 2 aromatic heterocycles. The number of rotatable bonds is 6. The number of thiophene rings is 1. The fourth-order valence-electron chi connectivity index (χ4n) is 4.92. The zero-order valence-electron chi connectivity index (χ0n) is 18.9. The number of aryl methyl sites for hydroxylation is 1. The van der Waals surface area contributed by atoms with Crippen LogP contribution in [0.3, 0.4) is 0 Å². The highest BCUT2D eigenvalue weighted by Crippen LogP contribution is 2.64. The fraction of sp³-hybridized carbons (Fsp3) is 0.400. The maximum absolute atomic E-state index is 12.9. The molecule has 8 heteroatoms. The molecule has 5 rings (SSSR count). The highest BCUT2D eigenvalue weighted by molar-refractivity contribution is 7.19. The lowest BCUT2D eigenvalue weighted by atomic mass is 9.98. The first-order valence-corrected chi connectivity index (χ1v) is 12.2. The Morgan fingerprint density at radius 2 is 2.09 bits per heavy atom. The first kappa shape index (κ1) is 21.9. The van der Waals surface area contributed by atoms with E-state index in [9.17, 15) is 9.59 Å². The summed E-state index contributed by atoms with van der Waals surface area (Å²) in [5.41, 5.74) is 7.52. The van der Waals surface area contributed by atoms with Crippen molar-refractivity contribution in [1.82, 2.24) is 20.9 Å². The van der Waals surface area contributed by atoms with Gasteiger partial charge in [0.15, 0.2) is 0 Å². The van der Waals surface area contributed by atoms with Gasteiger partial charge in [0.1, 0.15) is 11.9 Å². The molecule has 33 heavy (non-hydrogen) atoms.